The molecular weight excluding hydrogens is 377 g/mol. The molecule has 0 atom stereocenters. The van der Waals surface area contributed by atoms with E-state index < -0.39 is 9.05 Å². The molecule has 1 amide bonds. The average molecular weight is 389 g/mol. The van der Waals surface area contributed by atoms with E-state index in [0.29, 0.717) is 13.1 Å². The van der Waals surface area contributed by atoms with Crippen molar-refractivity contribution in [2.45, 2.75) is 18.7 Å². The molecule has 0 radical (unpaired) electrons. The summed E-state index contributed by atoms with van der Waals surface area (Å²) in [5.74, 6) is -0.330. The molecule has 0 fully saturated rings. The van der Waals surface area contributed by atoms with E-state index in [4.69, 9.17) is 22.3 Å². The molecular formula is C11H12BrCl2NO3S. The summed E-state index contributed by atoms with van der Waals surface area (Å²) in [6.45, 7) is 4.66. The van der Waals surface area contributed by atoms with E-state index in [9.17, 15) is 13.2 Å². The van der Waals surface area contributed by atoms with Gasteiger partial charge in [0.05, 0.1) is 15.5 Å². The van der Waals surface area contributed by atoms with Crippen LogP contribution >= 0.6 is 38.2 Å². The molecule has 1 aromatic carbocycles. The van der Waals surface area contributed by atoms with Crippen LogP contribution in [0.15, 0.2) is 21.5 Å². The van der Waals surface area contributed by atoms with Crippen LogP contribution < -0.4 is 0 Å². The third-order valence-electron chi connectivity index (χ3n) is 2.57. The normalized spacial score (nSPS) is 11.4. The Labute approximate surface area is 130 Å². The number of hydrogen-bond donors (Lipinski definition) is 0. The fourth-order valence-corrected chi connectivity index (χ4v) is 4.13. The minimum Gasteiger partial charge on any atom is -0.339 e. The summed E-state index contributed by atoms with van der Waals surface area (Å²) in [6, 6.07) is 2.54. The van der Waals surface area contributed by atoms with E-state index in [-0.39, 0.29) is 25.9 Å². The van der Waals surface area contributed by atoms with Crippen molar-refractivity contribution in [1.82, 2.24) is 4.90 Å². The second-order valence-electron chi connectivity index (χ2n) is 3.68. The predicted octanol–water partition coefficient (Wildman–Crippen LogP) is 3.51. The van der Waals surface area contributed by atoms with Crippen LogP contribution in [-0.2, 0) is 9.05 Å². The van der Waals surface area contributed by atoms with Gasteiger partial charge in [0.2, 0.25) is 0 Å². The molecule has 0 aliphatic carbocycles. The summed E-state index contributed by atoms with van der Waals surface area (Å²) in [5, 5.41) is 0.174. The van der Waals surface area contributed by atoms with Crippen molar-refractivity contribution >= 4 is 53.2 Å². The highest BCUT2D eigenvalue weighted by atomic mass is 79.9. The quantitative estimate of drug-likeness (QED) is 0.741. The minimum absolute atomic E-state index is 0.118. The smallest absolute Gasteiger partial charge is 0.262 e. The highest BCUT2D eigenvalue weighted by Crippen LogP contribution is 2.31. The van der Waals surface area contributed by atoms with Gasteiger partial charge in [-0.3, -0.25) is 4.79 Å². The molecule has 106 valence electrons. The molecule has 0 aliphatic heterocycles. The van der Waals surface area contributed by atoms with Gasteiger partial charge in [-0.05, 0) is 41.9 Å². The summed E-state index contributed by atoms with van der Waals surface area (Å²) < 4.78 is 23.1. The van der Waals surface area contributed by atoms with Crippen molar-refractivity contribution in [2.24, 2.45) is 0 Å². The second-order valence-corrected chi connectivity index (χ2v) is 7.47. The molecule has 1 aromatic rings. The van der Waals surface area contributed by atoms with Crippen LogP contribution in [-0.4, -0.2) is 32.3 Å². The van der Waals surface area contributed by atoms with Gasteiger partial charge in [-0.2, -0.15) is 0 Å². The van der Waals surface area contributed by atoms with Gasteiger partial charge in [-0.1, -0.05) is 11.6 Å². The van der Waals surface area contributed by atoms with Crippen LogP contribution in [0.4, 0.5) is 0 Å². The highest BCUT2D eigenvalue weighted by molar-refractivity contribution is 9.10. The summed E-state index contributed by atoms with van der Waals surface area (Å²) in [5.41, 5.74) is 0.118. The lowest BCUT2D eigenvalue weighted by atomic mass is 10.2. The van der Waals surface area contributed by atoms with E-state index in [1.54, 1.807) is 4.90 Å². The lowest BCUT2D eigenvalue weighted by molar-refractivity contribution is 0.0773. The first-order valence-corrected chi connectivity index (χ1v) is 8.93. The fourth-order valence-electron chi connectivity index (χ4n) is 1.56. The molecule has 0 unspecified atom stereocenters. The van der Waals surface area contributed by atoms with Crippen LogP contribution in [0.25, 0.3) is 0 Å². The first-order valence-electron chi connectivity index (χ1n) is 5.45. The third kappa shape index (κ3) is 3.84. The van der Waals surface area contributed by atoms with Gasteiger partial charge in [0.25, 0.3) is 15.0 Å². The Morgan fingerprint density at radius 3 is 2.26 bits per heavy atom. The Morgan fingerprint density at radius 2 is 1.84 bits per heavy atom. The Bertz CT molecular complexity index is 600. The van der Waals surface area contributed by atoms with Crippen molar-refractivity contribution in [3.8, 4) is 0 Å². The largest absolute Gasteiger partial charge is 0.339 e. The molecule has 1 rings (SSSR count). The number of carbonyl (C=O) groups excluding carboxylic acids is 1. The van der Waals surface area contributed by atoms with Crippen molar-refractivity contribution in [1.29, 1.82) is 0 Å². The van der Waals surface area contributed by atoms with E-state index in [1.165, 1.54) is 12.1 Å². The molecule has 0 heterocycles. The summed E-state index contributed by atoms with van der Waals surface area (Å²) in [4.78, 5) is 13.6. The molecule has 19 heavy (non-hydrogen) atoms. The number of nitrogens with zero attached hydrogens (tertiary/aromatic N) is 1. The molecule has 0 saturated heterocycles. The van der Waals surface area contributed by atoms with Gasteiger partial charge in [0, 0.05) is 28.2 Å². The lowest BCUT2D eigenvalue weighted by Gasteiger charge is -2.19. The van der Waals surface area contributed by atoms with E-state index >= 15 is 0 Å². The summed E-state index contributed by atoms with van der Waals surface area (Å²) in [7, 11) is 1.36. The number of halogens is 3. The molecule has 0 spiro atoms. The standard InChI is InChI=1S/C11H12BrCl2NO3S/c1-3-15(4-2)11(16)7-5-10(19(14,17)18)8(12)6-9(7)13/h5-6H,3-4H2,1-2H3. The number of rotatable bonds is 4. The van der Waals surface area contributed by atoms with Crippen LogP contribution in [0.1, 0.15) is 24.2 Å². The number of benzene rings is 1. The second kappa shape index (κ2) is 6.43. The molecule has 0 bridgehead atoms. The van der Waals surface area contributed by atoms with Crippen LogP contribution in [0, 0.1) is 0 Å². The zero-order valence-corrected chi connectivity index (χ0v) is 14.2. The first kappa shape index (κ1) is 16.8. The monoisotopic (exact) mass is 387 g/mol. The molecule has 4 nitrogen and oxygen atoms in total. The number of carbonyl (C=O) groups is 1. The maximum absolute atomic E-state index is 12.2. The van der Waals surface area contributed by atoms with Gasteiger partial charge < -0.3 is 4.90 Å². The van der Waals surface area contributed by atoms with Crippen molar-refractivity contribution in [2.75, 3.05) is 13.1 Å². The van der Waals surface area contributed by atoms with Gasteiger partial charge >= 0.3 is 0 Å². The summed E-state index contributed by atoms with van der Waals surface area (Å²) in [6.07, 6.45) is 0. The van der Waals surface area contributed by atoms with Crippen LogP contribution in [0.3, 0.4) is 0 Å². The maximum atomic E-state index is 12.2. The molecule has 8 heteroatoms. The molecule has 0 N–H and O–H groups in total. The lowest BCUT2D eigenvalue weighted by Crippen LogP contribution is -2.30. The summed E-state index contributed by atoms with van der Waals surface area (Å²) >= 11 is 9.05. The zero-order chi connectivity index (χ0) is 14.8. The first-order chi connectivity index (χ1) is 8.72. The van der Waals surface area contributed by atoms with Crippen LogP contribution in [0.5, 0.6) is 0 Å². The topological polar surface area (TPSA) is 54.5 Å². The Morgan fingerprint density at radius 1 is 1.32 bits per heavy atom. The van der Waals surface area contributed by atoms with E-state index in [0.717, 1.165) is 0 Å². The van der Waals surface area contributed by atoms with Gasteiger partial charge in [-0.15, -0.1) is 0 Å². The molecule has 0 saturated carbocycles. The third-order valence-corrected chi connectivity index (χ3v) is 5.16. The fraction of sp³-hybridized carbons (Fsp3) is 0.364. The van der Waals surface area contributed by atoms with Crippen LogP contribution in [0.2, 0.25) is 5.02 Å². The number of amides is 1. The SMILES string of the molecule is CCN(CC)C(=O)c1cc(S(=O)(=O)Cl)c(Br)cc1Cl. The van der Waals surface area contributed by atoms with E-state index in [2.05, 4.69) is 15.9 Å². The maximum Gasteiger partial charge on any atom is 0.262 e. The zero-order valence-electron chi connectivity index (χ0n) is 10.3. The van der Waals surface area contributed by atoms with Gasteiger partial charge in [-0.25, -0.2) is 8.42 Å². The van der Waals surface area contributed by atoms with Crippen molar-refractivity contribution < 1.29 is 13.2 Å². The number of hydrogen-bond acceptors (Lipinski definition) is 3. The molecule has 0 aliphatic rings. The minimum atomic E-state index is -3.95. The van der Waals surface area contributed by atoms with Gasteiger partial charge in [0.1, 0.15) is 0 Å². The molecule has 0 aromatic heterocycles. The Hall–Kier alpha value is -0.300. The predicted molar refractivity (Wildman–Crippen MR) is 79.4 cm³/mol. The van der Waals surface area contributed by atoms with Crippen molar-refractivity contribution in [3.63, 3.8) is 0 Å². The highest BCUT2D eigenvalue weighted by Gasteiger charge is 2.22. The Balaban J connectivity index is 3.41. The van der Waals surface area contributed by atoms with Crippen molar-refractivity contribution in [3.05, 3.63) is 27.2 Å². The average Bonchev–Trinajstić information content (AvgIpc) is 2.28. The van der Waals surface area contributed by atoms with E-state index in [1.807, 2.05) is 13.8 Å². The van der Waals surface area contributed by atoms with Gasteiger partial charge in [0.15, 0.2) is 0 Å². The Kier molecular flexibility index (Phi) is 5.67.